The Kier molecular flexibility index (Phi) is 14.0. The molecule has 15 heteroatoms. The lowest BCUT2D eigenvalue weighted by Gasteiger charge is -2.45. The molecule has 8 atom stereocenters. The number of unbranched alkanes of at least 4 members (excludes halogenated alkanes) is 8. The molecule has 9 N–H and O–H groups in total. The maximum Gasteiger partial charge on any atom is 0.245 e. The normalized spacial score (nSPS) is 24.3. The predicted octanol–water partition coefficient (Wildman–Crippen LogP) is -0.164. The summed E-state index contributed by atoms with van der Waals surface area (Å²) in [5.74, 6) is -1.07. The maximum absolute atomic E-state index is 13.2. The van der Waals surface area contributed by atoms with Crippen molar-refractivity contribution in [2.24, 2.45) is 0 Å². The van der Waals surface area contributed by atoms with Crippen LogP contribution in [0.1, 0.15) is 78.1 Å². The van der Waals surface area contributed by atoms with E-state index in [1.807, 2.05) is 0 Å². The molecule has 1 aliphatic heterocycles. The number of carbonyl (C=O) groups excluding carboxylic acids is 2. The van der Waals surface area contributed by atoms with Gasteiger partial charge in [-0.2, -0.15) is 0 Å². The molecule has 0 bridgehead atoms. The first-order valence-corrected chi connectivity index (χ1v) is 15.2. The zero-order valence-corrected chi connectivity index (χ0v) is 24.9. The number of anilines is 1. The number of amides is 2. The average Bonchev–Trinajstić information content (AvgIpc) is 3.48. The number of rotatable bonds is 18. The Balaban J connectivity index is 1.57. The number of carbonyl (C=O) groups is 2. The van der Waals surface area contributed by atoms with E-state index < -0.39 is 67.3 Å². The van der Waals surface area contributed by atoms with Crippen LogP contribution in [0.5, 0.6) is 0 Å². The molecule has 0 aliphatic carbocycles. The van der Waals surface area contributed by atoms with Gasteiger partial charge in [0.05, 0.1) is 25.1 Å². The summed E-state index contributed by atoms with van der Waals surface area (Å²) in [5, 5.41) is 60.1. The summed E-state index contributed by atoms with van der Waals surface area (Å²) in [6.07, 6.45) is 3.72. The van der Waals surface area contributed by atoms with Crippen molar-refractivity contribution < 1.29 is 39.9 Å². The van der Waals surface area contributed by atoms with E-state index >= 15 is 0 Å². The highest BCUT2D eigenvalue weighted by molar-refractivity contribution is 5.88. The Morgan fingerprint density at radius 3 is 2.33 bits per heavy atom. The van der Waals surface area contributed by atoms with Gasteiger partial charge in [-0.25, -0.2) is 15.0 Å². The molecule has 0 unspecified atom stereocenters. The number of aromatic amines is 1. The minimum Gasteiger partial charge on any atom is -0.394 e. The second-order valence-corrected chi connectivity index (χ2v) is 11.1. The molecule has 2 aromatic heterocycles. The highest BCUT2D eigenvalue weighted by Crippen LogP contribution is 2.26. The highest BCUT2D eigenvalue weighted by atomic mass is 16.5. The van der Waals surface area contributed by atoms with Gasteiger partial charge in [-0.15, -0.1) is 0 Å². The fourth-order valence-corrected chi connectivity index (χ4v) is 5.15. The van der Waals surface area contributed by atoms with Crippen molar-refractivity contribution in [2.45, 2.75) is 127 Å². The topological polar surface area (TPSA) is 235 Å². The van der Waals surface area contributed by atoms with Crippen LogP contribution >= 0.6 is 0 Å². The summed E-state index contributed by atoms with van der Waals surface area (Å²) in [4.78, 5) is 40.7. The number of hydrogen-bond donors (Lipinski definition) is 9. The first-order chi connectivity index (χ1) is 20.7. The van der Waals surface area contributed by atoms with E-state index in [0.29, 0.717) is 17.6 Å². The van der Waals surface area contributed by atoms with Gasteiger partial charge in [0.25, 0.3) is 0 Å². The van der Waals surface area contributed by atoms with Crippen LogP contribution in [-0.2, 0) is 14.3 Å². The molecule has 3 rings (SSSR count). The van der Waals surface area contributed by atoms with Crippen molar-refractivity contribution in [2.75, 3.05) is 11.9 Å². The fraction of sp³-hybridized carbons (Fsp3) is 0.750. The molecule has 0 aromatic carbocycles. The number of imidazole rings is 1. The van der Waals surface area contributed by atoms with Gasteiger partial charge >= 0.3 is 0 Å². The van der Waals surface area contributed by atoms with Crippen LogP contribution in [0.3, 0.4) is 0 Å². The van der Waals surface area contributed by atoms with Crippen LogP contribution < -0.4 is 16.0 Å². The maximum atomic E-state index is 13.2. The summed E-state index contributed by atoms with van der Waals surface area (Å²) in [5.41, 5.74) is 0.741. The van der Waals surface area contributed by atoms with Gasteiger partial charge in [-0.1, -0.05) is 58.3 Å². The minimum atomic E-state index is -1.69. The molecule has 15 nitrogen and oxygen atoms in total. The Hall–Kier alpha value is -2.95. The summed E-state index contributed by atoms with van der Waals surface area (Å²) in [6.45, 7) is 2.74. The van der Waals surface area contributed by atoms with Crippen molar-refractivity contribution in [3.63, 3.8) is 0 Å². The molecule has 43 heavy (non-hydrogen) atoms. The van der Waals surface area contributed by atoms with Crippen LogP contribution in [0.4, 0.5) is 5.82 Å². The van der Waals surface area contributed by atoms with E-state index in [9.17, 15) is 35.1 Å². The predicted molar refractivity (Wildman–Crippen MR) is 156 cm³/mol. The van der Waals surface area contributed by atoms with Crippen LogP contribution in [0.25, 0.3) is 11.2 Å². The standard InChI is InChI=1S/C28H47N7O8/c1-3-4-5-6-7-8-9-10-11-12-18(39)33-19(16(2)37)27(42)34-20-22(40)23(41)28(43-24(20)17(38)13-36)35-26-21-25(30-14-29-21)31-15-32-26/h14-17,19-20,22-24,28,36-38,40-41H,3-13H2,1-2H3,(H,33,39)(H,34,42)(H2,29,30,31,32,35)/t16-,17+,19+,20-,22-,23-,24+,28+/m1/s1. The number of H-pyrrole nitrogens is 1. The van der Waals surface area contributed by atoms with E-state index in [1.165, 1.54) is 51.7 Å². The van der Waals surface area contributed by atoms with Crippen LogP contribution in [0.15, 0.2) is 12.7 Å². The molecular weight excluding hydrogens is 562 g/mol. The summed E-state index contributed by atoms with van der Waals surface area (Å²) < 4.78 is 5.81. The largest absolute Gasteiger partial charge is 0.394 e. The fourth-order valence-electron chi connectivity index (χ4n) is 5.15. The zero-order valence-electron chi connectivity index (χ0n) is 24.9. The molecular formula is C28H47N7O8. The lowest BCUT2D eigenvalue weighted by Crippen LogP contribution is -2.69. The number of nitrogens with zero attached hydrogens (tertiary/aromatic N) is 3. The Labute approximate surface area is 250 Å². The van der Waals surface area contributed by atoms with E-state index in [1.54, 1.807) is 0 Å². The van der Waals surface area contributed by atoms with Crippen molar-refractivity contribution in [1.29, 1.82) is 0 Å². The number of aliphatic hydroxyl groups is 5. The molecule has 2 aromatic rings. The van der Waals surface area contributed by atoms with Gasteiger partial charge < -0.3 is 51.2 Å². The van der Waals surface area contributed by atoms with Gasteiger partial charge in [0.1, 0.15) is 42.3 Å². The second-order valence-electron chi connectivity index (χ2n) is 11.1. The molecule has 0 radical (unpaired) electrons. The molecule has 242 valence electrons. The number of nitrogens with one attached hydrogen (secondary N) is 4. The third kappa shape index (κ3) is 9.78. The van der Waals surface area contributed by atoms with Crippen molar-refractivity contribution in [1.82, 2.24) is 30.6 Å². The Morgan fingerprint density at radius 2 is 1.67 bits per heavy atom. The quantitative estimate of drug-likeness (QED) is 0.100. The number of ether oxygens (including phenoxy) is 1. The van der Waals surface area contributed by atoms with E-state index in [0.717, 1.165) is 19.3 Å². The van der Waals surface area contributed by atoms with Crippen LogP contribution in [-0.4, -0.2) is 113 Å². The monoisotopic (exact) mass is 609 g/mol. The lowest BCUT2D eigenvalue weighted by atomic mass is 9.91. The number of aliphatic hydroxyl groups excluding tert-OH is 5. The number of aromatic nitrogens is 4. The van der Waals surface area contributed by atoms with Crippen molar-refractivity contribution in [3.05, 3.63) is 12.7 Å². The lowest BCUT2D eigenvalue weighted by molar-refractivity contribution is -0.204. The van der Waals surface area contributed by atoms with E-state index in [-0.39, 0.29) is 12.2 Å². The SMILES string of the molecule is CCCCCCCCCCCC(=O)N[C@H](C(=O)N[C@@H]1[C@@H](O)[C@@H](O)[C@@H](Nc2ncnc3nc[nH]c23)O[C@H]1[C@@H](O)CO)[C@@H](C)O. The summed E-state index contributed by atoms with van der Waals surface area (Å²) in [7, 11) is 0. The average molecular weight is 610 g/mol. The third-order valence-corrected chi connectivity index (χ3v) is 7.65. The number of hydrogen-bond acceptors (Lipinski definition) is 12. The first kappa shape index (κ1) is 34.5. The smallest absolute Gasteiger partial charge is 0.245 e. The van der Waals surface area contributed by atoms with Crippen molar-refractivity contribution in [3.8, 4) is 0 Å². The van der Waals surface area contributed by atoms with Crippen LogP contribution in [0, 0.1) is 0 Å². The molecule has 1 fully saturated rings. The molecule has 3 heterocycles. The summed E-state index contributed by atoms with van der Waals surface area (Å²) in [6, 6.07) is -2.77. The molecule has 0 saturated carbocycles. The van der Waals surface area contributed by atoms with Gasteiger partial charge in [0.15, 0.2) is 17.7 Å². The Morgan fingerprint density at radius 1 is 1.00 bits per heavy atom. The van der Waals surface area contributed by atoms with Gasteiger partial charge in [0.2, 0.25) is 11.8 Å². The number of fused-ring (bicyclic) bond motifs is 1. The van der Waals surface area contributed by atoms with E-state index in [2.05, 4.69) is 42.8 Å². The molecule has 2 amide bonds. The second kappa shape index (κ2) is 17.4. The van der Waals surface area contributed by atoms with E-state index in [4.69, 9.17) is 4.74 Å². The summed E-state index contributed by atoms with van der Waals surface area (Å²) >= 11 is 0. The Bertz CT molecular complexity index is 1140. The highest BCUT2D eigenvalue weighted by Gasteiger charge is 2.48. The zero-order chi connectivity index (χ0) is 31.4. The molecule has 1 aliphatic rings. The van der Waals surface area contributed by atoms with Crippen LogP contribution in [0.2, 0.25) is 0 Å². The third-order valence-electron chi connectivity index (χ3n) is 7.65. The van der Waals surface area contributed by atoms with Gasteiger partial charge in [-0.05, 0) is 13.3 Å². The first-order valence-electron chi connectivity index (χ1n) is 15.2. The van der Waals surface area contributed by atoms with Crippen molar-refractivity contribution >= 4 is 28.8 Å². The molecule has 1 saturated heterocycles. The molecule has 0 spiro atoms. The van der Waals surface area contributed by atoms with Gasteiger partial charge in [0, 0.05) is 6.42 Å². The van der Waals surface area contributed by atoms with Gasteiger partial charge in [-0.3, -0.25) is 9.59 Å². The minimum absolute atomic E-state index is 0.187.